The first kappa shape index (κ1) is 23.1. The largest absolute Gasteiger partial charge is 0.508 e. The molecule has 2 N–H and O–H groups in total. The van der Waals surface area contributed by atoms with Gasteiger partial charge in [-0.05, 0) is 48.1 Å². The Kier molecular flexibility index (Phi) is 10.4. The van der Waals surface area contributed by atoms with Crippen molar-refractivity contribution in [3.05, 3.63) is 59.7 Å². The Hall–Kier alpha value is -2.20. The summed E-state index contributed by atoms with van der Waals surface area (Å²) in [5, 5.41) is 19.1. The maximum Gasteiger partial charge on any atom is 0.189 e. The molecule has 2 rings (SSSR count). The van der Waals surface area contributed by atoms with Gasteiger partial charge in [-0.3, -0.25) is 4.79 Å². The van der Waals surface area contributed by atoms with Crippen LogP contribution in [0.3, 0.4) is 0 Å². The Labute approximate surface area is 178 Å². The molecule has 0 aliphatic carbocycles. The summed E-state index contributed by atoms with van der Waals surface area (Å²) in [6.45, 7) is 2.25. The molecule has 0 radical (unpaired) electrons. The van der Waals surface area contributed by atoms with Gasteiger partial charge in [-0.25, -0.2) is 0 Å². The van der Waals surface area contributed by atoms with E-state index in [1.165, 1.54) is 80.5 Å². The molecule has 156 valence electrons. The molecule has 2 aromatic rings. The molecule has 0 saturated carbocycles. The van der Waals surface area contributed by atoms with E-state index in [0.717, 1.165) is 11.3 Å². The minimum absolute atomic E-state index is 0.0666. The monoisotopic (exact) mass is 412 g/mol. The molecule has 0 aliphatic heterocycles. The number of carbonyl (C=O) groups excluding carboxylic acids is 1. The van der Waals surface area contributed by atoms with Crippen molar-refractivity contribution in [1.82, 2.24) is 0 Å². The number of phenolic OH excluding ortho intramolecular Hbond substituents is 2. The lowest BCUT2D eigenvalue weighted by molar-refractivity contribution is 0.104. The SMILES string of the molecule is CCCCCCCCCCSc1ccc(/C=C/C(=O)c2ccc(O)cc2O)cc1. The van der Waals surface area contributed by atoms with Gasteiger partial charge in [0.05, 0.1) is 5.56 Å². The van der Waals surface area contributed by atoms with Crippen molar-refractivity contribution >= 4 is 23.6 Å². The maximum absolute atomic E-state index is 12.2. The van der Waals surface area contributed by atoms with E-state index in [9.17, 15) is 15.0 Å². The zero-order valence-electron chi connectivity index (χ0n) is 17.3. The zero-order valence-corrected chi connectivity index (χ0v) is 18.1. The van der Waals surface area contributed by atoms with Crippen LogP contribution in [0.4, 0.5) is 0 Å². The number of hydrogen-bond acceptors (Lipinski definition) is 4. The van der Waals surface area contributed by atoms with Crippen LogP contribution in [0.5, 0.6) is 11.5 Å². The number of allylic oxidation sites excluding steroid dienone is 1. The number of benzene rings is 2. The van der Waals surface area contributed by atoms with Crippen LogP contribution in [0.15, 0.2) is 53.4 Å². The number of phenols is 2. The van der Waals surface area contributed by atoms with Crippen molar-refractivity contribution in [2.24, 2.45) is 0 Å². The van der Waals surface area contributed by atoms with Crippen LogP contribution in [0.1, 0.15) is 74.2 Å². The molecule has 0 atom stereocenters. The highest BCUT2D eigenvalue weighted by atomic mass is 32.2. The lowest BCUT2D eigenvalue weighted by Crippen LogP contribution is -1.94. The Morgan fingerprint density at radius 2 is 1.55 bits per heavy atom. The second kappa shape index (κ2) is 13.1. The molecule has 0 spiro atoms. The molecule has 0 fully saturated rings. The lowest BCUT2D eigenvalue weighted by Gasteiger charge is -2.04. The number of ketones is 1. The van der Waals surface area contributed by atoms with Crippen molar-refractivity contribution in [1.29, 1.82) is 0 Å². The molecular weight excluding hydrogens is 380 g/mol. The van der Waals surface area contributed by atoms with Gasteiger partial charge in [-0.1, -0.05) is 70.1 Å². The molecular formula is C25H32O3S. The van der Waals surface area contributed by atoms with E-state index in [2.05, 4.69) is 19.1 Å². The molecule has 0 bridgehead atoms. The van der Waals surface area contributed by atoms with Gasteiger partial charge < -0.3 is 10.2 Å². The van der Waals surface area contributed by atoms with Crippen molar-refractivity contribution < 1.29 is 15.0 Å². The number of unbranched alkanes of at least 4 members (excludes halogenated alkanes) is 7. The third-order valence-corrected chi connectivity index (χ3v) is 5.92. The Balaban J connectivity index is 1.70. The minimum atomic E-state index is -0.296. The van der Waals surface area contributed by atoms with Crippen LogP contribution < -0.4 is 0 Å². The Morgan fingerprint density at radius 3 is 2.21 bits per heavy atom. The molecule has 0 saturated heterocycles. The molecule has 0 aliphatic rings. The van der Waals surface area contributed by atoms with Gasteiger partial charge in [0.15, 0.2) is 5.78 Å². The second-order valence-electron chi connectivity index (χ2n) is 7.29. The van der Waals surface area contributed by atoms with Crippen LogP contribution in [0.25, 0.3) is 6.08 Å². The fraction of sp³-hybridized carbons (Fsp3) is 0.400. The minimum Gasteiger partial charge on any atom is -0.508 e. The maximum atomic E-state index is 12.2. The highest BCUT2D eigenvalue weighted by Crippen LogP contribution is 2.24. The highest BCUT2D eigenvalue weighted by molar-refractivity contribution is 7.99. The predicted octanol–water partition coefficient (Wildman–Crippen LogP) is 7.23. The number of hydrogen-bond donors (Lipinski definition) is 2. The Morgan fingerprint density at radius 1 is 0.897 bits per heavy atom. The van der Waals surface area contributed by atoms with E-state index >= 15 is 0 Å². The number of thioether (sulfide) groups is 1. The molecule has 0 unspecified atom stereocenters. The van der Waals surface area contributed by atoms with Gasteiger partial charge in [0.2, 0.25) is 0 Å². The summed E-state index contributed by atoms with van der Waals surface area (Å²) in [6.07, 6.45) is 13.9. The normalized spacial score (nSPS) is 11.2. The topological polar surface area (TPSA) is 57.5 Å². The second-order valence-corrected chi connectivity index (χ2v) is 8.46. The fourth-order valence-corrected chi connectivity index (χ4v) is 4.00. The molecule has 29 heavy (non-hydrogen) atoms. The van der Waals surface area contributed by atoms with Crippen LogP contribution in [-0.4, -0.2) is 21.7 Å². The number of aromatic hydroxyl groups is 2. The van der Waals surface area contributed by atoms with Crippen molar-refractivity contribution in [2.75, 3.05) is 5.75 Å². The summed E-state index contributed by atoms with van der Waals surface area (Å²) in [7, 11) is 0. The van der Waals surface area contributed by atoms with E-state index < -0.39 is 0 Å². The van der Waals surface area contributed by atoms with Crippen LogP contribution in [-0.2, 0) is 0 Å². The van der Waals surface area contributed by atoms with E-state index in [-0.39, 0.29) is 22.8 Å². The van der Waals surface area contributed by atoms with Gasteiger partial charge in [-0.15, -0.1) is 11.8 Å². The third kappa shape index (κ3) is 8.78. The van der Waals surface area contributed by atoms with E-state index in [1.54, 1.807) is 6.08 Å². The zero-order chi connectivity index (χ0) is 20.9. The molecule has 3 nitrogen and oxygen atoms in total. The standard InChI is InChI=1S/C25H32O3S/c1-2-3-4-5-6-7-8-9-18-29-22-14-10-20(11-15-22)12-17-24(27)23-16-13-21(26)19-25(23)28/h10-17,19,26,28H,2-9,18H2,1H3/b17-12+. The van der Waals surface area contributed by atoms with Gasteiger partial charge in [0.1, 0.15) is 11.5 Å². The van der Waals surface area contributed by atoms with Crippen LogP contribution >= 0.6 is 11.8 Å². The molecule has 0 heterocycles. The summed E-state index contributed by atoms with van der Waals surface area (Å²) in [6, 6.07) is 12.1. The van der Waals surface area contributed by atoms with E-state index in [0.29, 0.717) is 0 Å². The third-order valence-electron chi connectivity index (χ3n) is 4.82. The first-order chi connectivity index (χ1) is 14.1. The highest BCUT2D eigenvalue weighted by Gasteiger charge is 2.08. The number of carbonyl (C=O) groups is 1. The van der Waals surface area contributed by atoms with Gasteiger partial charge >= 0.3 is 0 Å². The molecule has 0 aromatic heterocycles. The average molecular weight is 413 g/mol. The van der Waals surface area contributed by atoms with E-state index in [1.807, 2.05) is 23.9 Å². The summed E-state index contributed by atoms with van der Waals surface area (Å²) in [5.74, 6) is 0.564. The quantitative estimate of drug-likeness (QED) is 0.158. The lowest BCUT2D eigenvalue weighted by atomic mass is 10.1. The van der Waals surface area contributed by atoms with Crippen molar-refractivity contribution in [3.63, 3.8) is 0 Å². The summed E-state index contributed by atoms with van der Waals surface area (Å²) in [5.41, 5.74) is 1.12. The molecule has 4 heteroatoms. The van der Waals surface area contributed by atoms with E-state index in [4.69, 9.17) is 0 Å². The fourth-order valence-electron chi connectivity index (χ4n) is 3.09. The predicted molar refractivity (Wildman–Crippen MR) is 123 cm³/mol. The summed E-state index contributed by atoms with van der Waals surface area (Å²) < 4.78 is 0. The summed E-state index contributed by atoms with van der Waals surface area (Å²) >= 11 is 1.88. The molecule has 2 aromatic carbocycles. The summed E-state index contributed by atoms with van der Waals surface area (Å²) in [4.78, 5) is 13.4. The van der Waals surface area contributed by atoms with Crippen molar-refractivity contribution in [2.45, 2.75) is 63.2 Å². The average Bonchev–Trinajstić information content (AvgIpc) is 2.71. The van der Waals surface area contributed by atoms with Crippen LogP contribution in [0, 0.1) is 0 Å². The van der Waals surface area contributed by atoms with Gasteiger partial charge in [-0.2, -0.15) is 0 Å². The smallest absolute Gasteiger partial charge is 0.189 e. The Bertz CT molecular complexity index is 781. The van der Waals surface area contributed by atoms with Crippen molar-refractivity contribution in [3.8, 4) is 11.5 Å². The van der Waals surface area contributed by atoms with Gasteiger partial charge in [0, 0.05) is 11.0 Å². The molecule has 0 amide bonds. The van der Waals surface area contributed by atoms with Crippen LogP contribution in [0.2, 0.25) is 0 Å². The number of rotatable bonds is 13. The van der Waals surface area contributed by atoms with Gasteiger partial charge in [0.25, 0.3) is 0 Å². The first-order valence-corrected chi connectivity index (χ1v) is 11.6. The first-order valence-electron chi connectivity index (χ1n) is 10.6.